The summed E-state index contributed by atoms with van der Waals surface area (Å²) in [5.41, 5.74) is 4.67. The minimum atomic E-state index is -0.424. The van der Waals surface area contributed by atoms with Crippen molar-refractivity contribution in [3.05, 3.63) is 27.0 Å². The lowest BCUT2D eigenvalue weighted by atomic mass is 9.89. The van der Waals surface area contributed by atoms with E-state index in [0.717, 1.165) is 19.3 Å². The average Bonchev–Trinajstić information content (AvgIpc) is 2.44. The number of rotatable bonds is 7. The second kappa shape index (κ2) is 7.11. The van der Waals surface area contributed by atoms with Gasteiger partial charge < -0.3 is 5.73 Å². The lowest BCUT2D eigenvalue weighted by molar-refractivity contribution is 0.411. The van der Waals surface area contributed by atoms with Crippen LogP contribution < -0.4 is 17.0 Å². The topological polar surface area (TPSA) is 93.8 Å². The fourth-order valence-corrected chi connectivity index (χ4v) is 2.17. The number of hydrogen-bond acceptors (Lipinski definition) is 4. The molecule has 1 aromatic heterocycles. The summed E-state index contributed by atoms with van der Waals surface area (Å²) in [5.74, 6) is 0. The molecule has 2 N–H and O–H groups in total. The molecule has 0 aliphatic rings. The van der Waals surface area contributed by atoms with Crippen LogP contribution in [0.5, 0.6) is 0 Å². The average molecular weight is 292 g/mol. The zero-order valence-electron chi connectivity index (χ0n) is 13.1. The van der Waals surface area contributed by atoms with Crippen LogP contribution in [-0.4, -0.2) is 9.13 Å². The molecule has 0 amide bonds. The first-order valence-corrected chi connectivity index (χ1v) is 7.33. The Bertz CT molecular complexity index is 635. The van der Waals surface area contributed by atoms with Crippen LogP contribution in [0.4, 0.5) is 5.69 Å². The molecular weight excluding hydrogens is 268 g/mol. The molecule has 0 aliphatic heterocycles. The molecule has 0 bridgehead atoms. The van der Waals surface area contributed by atoms with E-state index in [1.165, 1.54) is 15.3 Å². The smallest absolute Gasteiger partial charge is 0.331 e. The standard InChI is InChI=1S/C15H24N4O2/c1-4-8-18-10-12(17)13(20)19(14(18)21)9-6-5-7-15(2,3)11-16/h10H,4-9,17H2,1-3H3. The van der Waals surface area contributed by atoms with Crippen molar-refractivity contribution in [2.75, 3.05) is 5.73 Å². The first kappa shape index (κ1) is 17.0. The van der Waals surface area contributed by atoms with Gasteiger partial charge in [-0.05, 0) is 33.1 Å². The summed E-state index contributed by atoms with van der Waals surface area (Å²) < 4.78 is 2.68. The maximum absolute atomic E-state index is 12.2. The predicted octanol–water partition coefficient (Wildman–Crippen LogP) is 1.72. The number of anilines is 1. The van der Waals surface area contributed by atoms with E-state index in [9.17, 15) is 9.59 Å². The van der Waals surface area contributed by atoms with Gasteiger partial charge in [-0.1, -0.05) is 13.3 Å². The van der Waals surface area contributed by atoms with Crippen molar-refractivity contribution in [3.8, 4) is 6.07 Å². The van der Waals surface area contributed by atoms with E-state index in [1.54, 1.807) is 0 Å². The van der Waals surface area contributed by atoms with Crippen LogP contribution in [0.15, 0.2) is 15.8 Å². The van der Waals surface area contributed by atoms with Gasteiger partial charge in [0.2, 0.25) is 0 Å². The molecule has 0 spiro atoms. The van der Waals surface area contributed by atoms with Crippen molar-refractivity contribution in [1.82, 2.24) is 9.13 Å². The van der Waals surface area contributed by atoms with Gasteiger partial charge in [-0.3, -0.25) is 13.9 Å². The molecule has 0 aromatic carbocycles. The van der Waals surface area contributed by atoms with Crippen LogP contribution in [0, 0.1) is 16.7 Å². The summed E-state index contributed by atoms with van der Waals surface area (Å²) in [4.78, 5) is 24.2. The summed E-state index contributed by atoms with van der Waals surface area (Å²) in [6.45, 7) is 6.61. The fraction of sp³-hybridized carbons (Fsp3) is 0.667. The van der Waals surface area contributed by atoms with Gasteiger partial charge in [0.1, 0.15) is 5.69 Å². The lowest BCUT2D eigenvalue weighted by Gasteiger charge is -2.15. The molecule has 0 saturated carbocycles. The monoisotopic (exact) mass is 292 g/mol. The van der Waals surface area contributed by atoms with Crippen molar-refractivity contribution in [2.24, 2.45) is 5.41 Å². The number of nitriles is 1. The van der Waals surface area contributed by atoms with Gasteiger partial charge >= 0.3 is 5.69 Å². The normalized spacial score (nSPS) is 11.3. The lowest BCUT2D eigenvalue weighted by Crippen LogP contribution is -2.40. The number of hydrogen-bond donors (Lipinski definition) is 1. The molecule has 1 aromatic rings. The number of aryl methyl sites for hydroxylation is 1. The summed E-state index contributed by atoms with van der Waals surface area (Å²) in [5, 5.41) is 8.96. The highest BCUT2D eigenvalue weighted by molar-refractivity contribution is 5.30. The van der Waals surface area contributed by atoms with E-state index in [4.69, 9.17) is 11.0 Å². The van der Waals surface area contributed by atoms with Crippen molar-refractivity contribution in [2.45, 2.75) is 59.5 Å². The fourth-order valence-electron chi connectivity index (χ4n) is 2.17. The molecule has 6 heteroatoms. The Labute approximate surface area is 124 Å². The molecule has 6 nitrogen and oxygen atoms in total. The van der Waals surface area contributed by atoms with Gasteiger partial charge in [-0.25, -0.2) is 4.79 Å². The Balaban J connectivity index is 2.82. The summed E-state index contributed by atoms with van der Waals surface area (Å²) >= 11 is 0. The summed E-state index contributed by atoms with van der Waals surface area (Å²) in [6, 6.07) is 2.24. The van der Waals surface area contributed by atoms with E-state index in [0.29, 0.717) is 19.5 Å². The molecular formula is C15H24N4O2. The van der Waals surface area contributed by atoms with Crippen LogP contribution in [0.1, 0.15) is 46.5 Å². The van der Waals surface area contributed by atoms with E-state index in [2.05, 4.69) is 6.07 Å². The van der Waals surface area contributed by atoms with E-state index >= 15 is 0 Å². The molecule has 0 fully saturated rings. The van der Waals surface area contributed by atoms with Gasteiger partial charge in [0, 0.05) is 19.3 Å². The Morgan fingerprint density at radius 1 is 1.29 bits per heavy atom. The Hall–Kier alpha value is -2.03. The second-order valence-corrected chi connectivity index (χ2v) is 5.97. The van der Waals surface area contributed by atoms with Crippen molar-refractivity contribution in [1.29, 1.82) is 5.26 Å². The minimum Gasteiger partial charge on any atom is -0.393 e. The highest BCUT2D eigenvalue weighted by Gasteiger charge is 2.16. The molecule has 0 atom stereocenters. The number of aromatic nitrogens is 2. The minimum absolute atomic E-state index is 0.0976. The summed E-state index contributed by atoms with van der Waals surface area (Å²) in [7, 11) is 0. The zero-order valence-corrected chi connectivity index (χ0v) is 13.1. The third-order valence-electron chi connectivity index (χ3n) is 3.46. The predicted molar refractivity (Wildman–Crippen MR) is 82.9 cm³/mol. The molecule has 0 radical (unpaired) electrons. The van der Waals surface area contributed by atoms with Gasteiger partial charge in [0.05, 0.1) is 11.5 Å². The van der Waals surface area contributed by atoms with Gasteiger partial charge in [0.25, 0.3) is 5.56 Å². The highest BCUT2D eigenvalue weighted by Crippen LogP contribution is 2.21. The number of unbranched alkanes of at least 4 members (excludes halogenated alkanes) is 1. The SMILES string of the molecule is CCCn1cc(N)c(=O)n(CCCCC(C)(C)C#N)c1=O. The largest absolute Gasteiger partial charge is 0.393 e. The number of nitrogens with two attached hydrogens (primary N) is 1. The zero-order chi connectivity index (χ0) is 16.0. The quantitative estimate of drug-likeness (QED) is 0.774. The first-order chi connectivity index (χ1) is 9.82. The number of nitrogens with zero attached hydrogens (tertiary/aromatic N) is 3. The van der Waals surface area contributed by atoms with Crippen LogP contribution in [0.25, 0.3) is 0 Å². The van der Waals surface area contributed by atoms with Crippen LogP contribution in [0.3, 0.4) is 0 Å². The maximum atomic E-state index is 12.2. The third kappa shape index (κ3) is 4.48. The number of nitrogen functional groups attached to an aromatic ring is 1. The summed E-state index contributed by atoms with van der Waals surface area (Å²) in [6.07, 6.45) is 4.42. The highest BCUT2D eigenvalue weighted by atomic mass is 16.2. The molecule has 0 aliphatic carbocycles. The molecule has 1 rings (SSSR count). The Kier molecular flexibility index (Phi) is 5.77. The first-order valence-electron chi connectivity index (χ1n) is 7.33. The second-order valence-electron chi connectivity index (χ2n) is 5.97. The Morgan fingerprint density at radius 3 is 2.52 bits per heavy atom. The third-order valence-corrected chi connectivity index (χ3v) is 3.46. The van der Waals surface area contributed by atoms with E-state index < -0.39 is 5.56 Å². The van der Waals surface area contributed by atoms with Gasteiger partial charge in [-0.15, -0.1) is 0 Å². The van der Waals surface area contributed by atoms with Crippen LogP contribution in [0.2, 0.25) is 0 Å². The van der Waals surface area contributed by atoms with Crippen LogP contribution >= 0.6 is 0 Å². The van der Waals surface area contributed by atoms with E-state index in [-0.39, 0.29) is 16.8 Å². The molecule has 21 heavy (non-hydrogen) atoms. The van der Waals surface area contributed by atoms with Crippen molar-refractivity contribution in [3.63, 3.8) is 0 Å². The molecule has 0 saturated heterocycles. The van der Waals surface area contributed by atoms with Crippen LogP contribution in [-0.2, 0) is 13.1 Å². The maximum Gasteiger partial charge on any atom is 0.331 e. The van der Waals surface area contributed by atoms with Crippen molar-refractivity contribution < 1.29 is 0 Å². The Morgan fingerprint density at radius 2 is 1.95 bits per heavy atom. The van der Waals surface area contributed by atoms with Gasteiger partial charge in [-0.2, -0.15) is 5.26 Å². The molecule has 0 unspecified atom stereocenters. The van der Waals surface area contributed by atoms with Crippen molar-refractivity contribution >= 4 is 5.69 Å². The van der Waals surface area contributed by atoms with E-state index in [1.807, 2.05) is 20.8 Å². The molecule has 116 valence electrons. The molecule has 1 heterocycles. The van der Waals surface area contributed by atoms with Gasteiger partial charge in [0.15, 0.2) is 0 Å².